The summed E-state index contributed by atoms with van der Waals surface area (Å²) in [5.74, 6) is 1.67. The Morgan fingerprint density at radius 1 is 1.56 bits per heavy atom. The van der Waals surface area contributed by atoms with Crippen LogP contribution in [0.5, 0.6) is 0 Å². The fourth-order valence-corrected chi connectivity index (χ4v) is 2.09. The highest BCUT2D eigenvalue weighted by atomic mass is 127. The van der Waals surface area contributed by atoms with Gasteiger partial charge in [0, 0.05) is 5.92 Å². The van der Waals surface area contributed by atoms with Gasteiger partial charge >= 0.3 is 0 Å². The molecule has 0 unspecified atom stereocenters. The van der Waals surface area contributed by atoms with Gasteiger partial charge in [-0.05, 0) is 42.4 Å². The molecule has 0 spiro atoms. The summed E-state index contributed by atoms with van der Waals surface area (Å²) >= 11 is 2.00. The van der Waals surface area contributed by atoms with Gasteiger partial charge in [-0.15, -0.1) is 0 Å². The number of rotatable bonds is 3. The molecule has 1 fully saturated rings. The van der Waals surface area contributed by atoms with E-state index in [1.807, 2.05) is 29.5 Å². The summed E-state index contributed by atoms with van der Waals surface area (Å²) in [4.78, 5) is 20.4. The van der Waals surface area contributed by atoms with Crippen LogP contribution in [-0.2, 0) is 6.54 Å². The second-order valence-corrected chi connectivity index (χ2v) is 5.48. The van der Waals surface area contributed by atoms with Crippen molar-refractivity contribution in [2.24, 2.45) is 0 Å². The maximum absolute atomic E-state index is 12.0. The molecule has 1 saturated carbocycles. The lowest BCUT2D eigenvalue weighted by molar-refractivity contribution is 0.364. The molecule has 0 atom stereocenters. The molecule has 2 aromatic rings. The Kier molecular flexibility index (Phi) is 2.92. The third kappa shape index (κ3) is 2.18. The van der Waals surface area contributed by atoms with E-state index >= 15 is 0 Å². The molecule has 1 aliphatic carbocycles. The minimum Gasteiger partial charge on any atom is -0.337 e. The van der Waals surface area contributed by atoms with E-state index in [1.165, 1.54) is 10.9 Å². The van der Waals surface area contributed by atoms with E-state index in [0.29, 0.717) is 15.4 Å². The number of hydrogen-bond acceptors (Lipinski definition) is 5. The quantitative estimate of drug-likeness (QED) is 0.777. The van der Waals surface area contributed by atoms with E-state index in [1.54, 1.807) is 0 Å². The molecule has 0 radical (unpaired) electrons. The molecule has 0 N–H and O–H groups in total. The average Bonchev–Trinajstić information content (AvgIpc) is 3.11. The molecule has 2 aromatic heterocycles. The Morgan fingerprint density at radius 3 is 3.06 bits per heavy atom. The topological polar surface area (TPSA) is 73.8 Å². The molecule has 0 aliphatic heterocycles. The highest BCUT2D eigenvalue weighted by Gasteiger charge is 2.28. The Morgan fingerprint density at radius 2 is 2.33 bits per heavy atom. The third-order valence-electron chi connectivity index (χ3n) is 2.89. The minimum absolute atomic E-state index is 0.0747. The number of hydrogen-bond donors (Lipinski definition) is 0. The van der Waals surface area contributed by atoms with Gasteiger partial charge in [-0.3, -0.25) is 9.36 Å². The van der Waals surface area contributed by atoms with Gasteiger partial charge in [0.2, 0.25) is 5.89 Å². The van der Waals surface area contributed by atoms with Crippen molar-refractivity contribution in [3.63, 3.8) is 0 Å². The predicted molar refractivity (Wildman–Crippen MR) is 71.3 cm³/mol. The van der Waals surface area contributed by atoms with Crippen LogP contribution in [-0.4, -0.2) is 19.7 Å². The minimum atomic E-state index is -0.0747. The Bertz CT molecular complexity index is 645. The first-order valence-corrected chi connectivity index (χ1v) is 6.77. The molecule has 94 valence electrons. The monoisotopic (exact) mass is 358 g/mol. The summed E-state index contributed by atoms with van der Waals surface area (Å²) in [5.41, 5.74) is 0.662. The summed E-state index contributed by atoms with van der Waals surface area (Å²) in [6.45, 7) is 2.09. The van der Waals surface area contributed by atoms with Crippen molar-refractivity contribution in [2.75, 3.05) is 0 Å². The summed E-state index contributed by atoms with van der Waals surface area (Å²) in [5, 5.41) is 3.92. The molecular weight excluding hydrogens is 347 g/mol. The summed E-state index contributed by atoms with van der Waals surface area (Å²) in [6, 6.07) is 0. The Hall–Kier alpha value is -1.25. The summed E-state index contributed by atoms with van der Waals surface area (Å²) in [6.07, 6.45) is 3.77. The number of halogens is 1. The number of nitrogens with zero attached hydrogens (tertiary/aromatic N) is 4. The van der Waals surface area contributed by atoms with Gasteiger partial charge in [-0.2, -0.15) is 4.98 Å². The highest BCUT2D eigenvalue weighted by molar-refractivity contribution is 14.1. The second kappa shape index (κ2) is 4.45. The molecule has 0 bridgehead atoms. The first kappa shape index (κ1) is 11.8. The smallest absolute Gasteiger partial charge is 0.267 e. The van der Waals surface area contributed by atoms with E-state index in [-0.39, 0.29) is 12.1 Å². The van der Waals surface area contributed by atoms with Crippen molar-refractivity contribution >= 4 is 22.6 Å². The van der Waals surface area contributed by atoms with E-state index in [0.717, 1.165) is 24.4 Å². The van der Waals surface area contributed by atoms with Crippen molar-refractivity contribution in [3.05, 3.63) is 37.7 Å². The van der Waals surface area contributed by atoms with Gasteiger partial charge < -0.3 is 4.52 Å². The van der Waals surface area contributed by atoms with Gasteiger partial charge in [0.25, 0.3) is 5.56 Å². The fraction of sp³-hybridized carbons (Fsp3) is 0.455. The van der Waals surface area contributed by atoms with Crippen LogP contribution in [0.1, 0.15) is 36.2 Å². The molecule has 2 heterocycles. The van der Waals surface area contributed by atoms with Gasteiger partial charge in [0.1, 0.15) is 6.54 Å². The summed E-state index contributed by atoms with van der Waals surface area (Å²) < 4.78 is 7.25. The van der Waals surface area contributed by atoms with Crippen molar-refractivity contribution in [1.29, 1.82) is 0 Å². The number of aromatic nitrogens is 4. The second-order valence-electron chi connectivity index (χ2n) is 4.40. The Balaban J connectivity index is 1.87. The molecule has 0 aromatic carbocycles. The van der Waals surface area contributed by atoms with Crippen LogP contribution >= 0.6 is 22.6 Å². The summed E-state index contributed by atoms with van der Waals surface area (Å²) in [7, 11) is 0. The molecule has 7 heteroatoms. The lowest BCUT2D eigenvalue weighted by atomic mass is 10.4. The van der Waals surface area contributed by atoms with E-state index in [9.17, 15) is 4.79 Å². The molecule has 3 rings (SSSR count). The third-order valence-corrected chi connectivity index (χ3v) is 4.13. The zero-order valence-corrected chi connectivity index (χ0v) is 11.9. The van der Waals surface area contributed by atoms with Crippen LogP contribution < -0.4 is 5.56 Å². The number of aryl methyl sites for hydroxylation is 1. The molecule has 18 heavy (non-hydrogen) atoms. The van der Waals surface area contributed by atoms with Gasteiger partial charge in [0.15, 0.2) is 5.82 Å². The van der Waals surface area contributed by atoms with Crippen molar-refractivity contribution in [1.82, 2.24) is 19.7 Å². The van der Waals surface area contributed by atoms with Crippen LogP contribution in [0.3, 0.4) is 0 Å². The van der Waals surface area contributed by atoms with Gasteiger partial charge in [-0.1, -0.05) is 5.16 Å². The van der Waals surface area contributed by atoms with Crippen molar-refractivity contribution in [2.45, 2.75) is 32.2 Å². The van der Waals surface area contributed by atoms with Gasteiger partial charge in [-0.25, -0.2) is 4.98 Å². The molecule has 0 amide bonds. The molecule has 0 saturated heterocycles. The normalized spacial score (nSPS) is 15.0. The van der Waals surface area contributed by atoms with Crippen LogP contribution in [0.25, 0.3) is 0 Å². The SMILES string of the molecule is Cc1ncn(Cc2nc(C3CC3)no2)c(=O)c1I. The van der Waals surface area contributed by atoms with Crippen LogP contribution in [0.4, 0.5) is 0 Å². The Labute approximate surface area is 117 Å². The molecule has 6 nitrogen and oxygen atoms in total. The van der Waals surface area contributed by atoms with E-state index < -0.39 is 0 Å². The lowest BCUT2D eigenvalue weighted by Crippen LogP contribution is -2.24. The average molecular weight is 358 g/mol. The molecular formula is C11H11IN4O2. The standard InChI is InChI=1S/C11H11IN4O2/c1-6-9(12)11(17)16(5-13-6)4-8-14-10(15-18-8)7-2-3-7/h5,7H,2-4H2,1H3. The van der Waals surface area contributed by atoms with Crippen molar-refractivity contribution < 1.29 is 4.52 Å². The van der Waals surface area contributed by atoms with Crippen LogP contribution in [0, 0.1) is 10.5 Å². The van der Waals surface area contributed by atoms with E-state index in [4.69, 9.17) is 4.52 Å². The zero-order valence-electron chi connectivity index (χ0n) is 9.76. The first-order chi connectivity index (χ1) is 8.65. The van der Waals surface area contributed by atoms with Crippen molar-refractivity contribution in [3.8, 4) is 0 Å². The lowest BCUT2D eigenvalue weighted by Gasteiger charge is -2.03. The largest absolute Gasteiger partial charge is 0.337 e. The maximum Gasteiger partial charge on any atom is 0.267 e. The first-order valence-electron chi connectivity index (χ1n) is 5.69. The molecule has 1 aliphatic rings. The maximum atomic E-state index is 12.0. The predicted octanol–water partition coefficient (Wildman–Crippen LogP) is 1.47. The highest BCUT2D eigenvalue weighted by Crippen LogP contribution is 2.38. The zero-order chi connectivity index (χ0) is 12.7. The van der Waals surface area contributed by atoms with Crippen LogP contribution in [0.15, 0.2) is 15.6 Å². The van der Waals surface area contributed by atoms with Crippen LogP contribution in [0.2, 0.25) is 0 Å². The van der Waals surface area contributed by atoms with Gasteiger partial charge in [0.05, 0.1) is 15.6 Å². The van der Waals surface area contributed by atoms with E-state index in [2.05, 4.69) is 15.1 Å². The fourth-order valence-electron chi connectivity index (χ4n) is 1.64.